The maximum absolute atomic E-state index is 5.88. The first-order valence-electron chi connectivity index (χ1n) is 5.58. The number of hydrogen-bond donors (Lipinski definition) is 1. The molecule has 1 aromatic carbocycles. The van der Waals surface area contributed by atoms with Crippen LogP contribution in [0.15, 0.2) is 24.3 Å². The first-order chi connectivity index (χ1) is 7.16. The van der Waals surface area contributed by atoms with Crippen molar-refractivity contribution in [3.63, 3.8) is 0 Å². The molecule has 0 aliphatic heterocycles. The maximum atomic E-state index is 5.88. The Morgan fingerprint density at radius 2 is 1.93 bits per heavy atom. The van der Waals surface area contributed by atoms with Crippen LogP contribution in [0.1, 0.15) is 25.3 Å². The van der Waals surface area contributed by atoms with Crippen molar-refractivity contribution in [1.82, 2.24) is 5.32 Å². The van der Waals surface area contributed by atoms with Gasteiger partial charge in [-0.25, -0.2) is 0 Å². The van der Waals surface area contributed by atoms with Crippen molar-refractivity contribution >= 4 is 11.6 Å². The van der Waals surface area contributed by atoms with Gasteiger partial charge in [0.2, 0.25) is 0 Å². The monoisotopic (exact) mass is 223 g/mol. The Morgan fingerprint density at radius 1 is 1.33 bits per heavy atom. The van der Waals surface area contributed by atoms with E-state index in [2.05, 4.69) is 24.4 Å². The third-order valence-corrected chi connectivity index (χ3v) is 3.97. The van der Waals surface area contributed by atoms with Gasteiger partial charge < -0.3 is 5.32 Å². The second kappa shape index (κ2) is 4.15. The molecule has 0 radical (unpaired) electrons. The van der Waals surface area contributed by atoms with Crippen LogP contribution in [0.3, 0.4) is 0 Å². The van der Waals surface area contributed by atoms with Crippen molar-refractivity contribution in [2.75, 3.05) is 7.05 Å². The zero-order chi connectivity index (χ0) is 10.9. The molecule has 0 saturated heterocycles. The fraction of sp³-hybridized carbons (Fsp3) is 0.538. The Kier molecular flexibility index (Phi) is 3.03. The van der Waals surface area contributed by atoms with Crippen molar-refractivity contribution < 1.29 is 0 Å². The molecule has 82 valence electrons. The average Bonchev–Trinajstić information content (AvgIpc) is 3.01. The van der Waals surface area contributed by atoms with E-state index in [1.165, 1.54) is 24.8 Å². The van der Waals surface area contributed by atoms with Crippen molar-refractivity contribution in [3.05, 3.63) is 34.9 Å². The van der Waals surface area contributed by atoms with E-state index in [4.69, 9.17) is 11.6 Å². The van der Waals surface area contributed by atoms with Gasteiger partial charge in [-0.15, -0.1) is 0 Å². The van der Waals surface area contributed by atoms with E-state index in [9.17, 15) is 0 Å². The summed E-state index contributed by atoms with van der Waals surface area (Å²) in [5, 5.41) is 4.20. The van der Waals surface area contributed by atoms with Crippen LogP contribution in [0.2, 0.25) is 5.02 Å². The van der Waals surface area contributed by atoms with Gasteiger partial charge >= 0.3 is 0 Å². The summed E-state index contributed by atoms with van der Waals surface area (Å²) in [6.07, 6.45) is 3.86. The fourth-order valence-corrected chi connectivity index (χ4v) is 2.36. The molecule has 1 atom stereocenters. The molecule has 1 N–H and O–H groups in total. The van der Waals surface area contributed by atoms with Gasteiger partial charge in [-0.05, 0) is 56.3 Å². The van der Waals surface area contributed by atoms with Gasteiger partial charge in [0.15, 0.2) is 0 Å². The van der Waals surface area contributed by atoms with E-state index < -0.39 is 0 Å². The highest BCUT2D eigenvalue weighted by molar-refractivity contribution is 6.30. The standard InChI is InChI=1S/C13H18ClN/c1-10(15-2)13(7-8-13)9-11-3-5-12(14)6-4-11/h3-6,10,15H,7-9H2,1-2H3. The van der Waals surface area contributed by atoms with E-state index in [0.717, 1.165) is 5.02 Å². The van der Waals surface area contributed by atoms with E-state index in [-0.39, 0.29) is 0 Å². The molecule has 2 rings (SSSR count). The first kappa shape index (κ1) is 11.0. The number of rotatable bonds is 4. The predicted octanol–water partition coefficient (Wildman–Crippen LogP) is 3.27. The van der Waals surface area contributed by atoms with Crippen LogP contribution in [0.4, 0.5) is 0 Å². The lowest BCUT2D eigenvalue weighted by molar-refractivity contribution is 0.369. The second-order valence-electron chi connectivity index (χ2n) is 4.68. The predicted molar refractivity (Wildman–Crippen MR) is 65.3 cm³/mol. The highest BCUT2D eigenvalue weighted by atomic mass is 35.5. The third-order valence-electron chi connectivity index (χ3n) is 3.71. The lowest BCUT2D eigenvalue weighted by atomic mass is 9.90. The number of benzene rings is 1. The van der Waals surface area contributed by atoms with E-state index in [1.807, 2.05) is 19.2 Å². The zero-order valence-electron chi connectivity index (χ0n) is 9.39. The number of nitrogens with one attached hydrogen (secondary N) is 1. The van der Waals surface area contributed by atoms with Gasteiger partial charge in [-0.1, -0.05) is 23.7 Å². The van der Waals surface area contributed by atoms with Crippen LogP contribution < -0.4 is 5.32 Å². The highest BCUT2D eigenvalue weighted by Crippen LogP contribution is 2.51. The smallest absolute Gasteiger partial charge is 0.0406 e. The summed E-state index contributed by atoms with van der Waals surface area (Å²) in [4.78, 5) is 0. The summed E-state index contributed by atoms with van der Waals surface area (Å²) in [6, 6.07) is 8.86. The molecule has 1 unspecified atom stereocenters. The van der Waals surface area contributed by atoms with Crippen LogP contribution in [-0.4, -0.2) is 13.1 Å². The normalized spacial score (nSPS) is 19.9. The SMILES string of the molecule is CNC(C)C1(Cc2ccc(Cl)cc2)CC1. The van der Waals surface area contributed by atoms with Crippen LogP contribution in [0.25, 0.3) is 0 Å². The van der Waals surface area contributed by atoms with Crippen molar-refractivity contribution in [3.8, 4) is 0 Å². The van der Waals surface area contributed by atoms with Crippen molar-refractivity contribution in [2.24, 2.45) is 5.41 Å². The molecule has 0 aromatic heterocycles. The molecular formula is C13H18ClN. The topological polar surface area (TPSA) is 12.0 Å². The number of halogens is 1. The van der Waals surface area contributed by atoms with Gasteiger partial charge in [0.25, 0.3) is 0 Å². The molecule has 0 spiro atoms. The van der Waals surface area contributed by atoms with Crippen LogP contribution in [-0.2, 0) is 6.42 Å². The molecule has 2 heteroatoms. The van der Waals surface area contributed by atoms with Gasteiger partial charge in [-0.3, -0.25) is 0 Å². The summed E-state index contributed by atoms with van der Waals surface area (Å²) in [6.45, 7) is 2.28. The molecular weight excluding hydrogens is 206 g/mol. The maximum Gasteiger partial charge on any atom is 0.0406 e. The largest absolute Gasteiger partial charge is 0.317 e. The Labute approximate surface area is 96.8 Å². The minimum atomic E-state index is 0.503. The lowest BCUT2D eigenvalue weighted by Crippen LogP contribution is -2.33. The van der Waals surface area contributed by atoms with Gasteiger partial charge in [0, 0.05) is 11.1 Å². The molecule has 0 heterocycles. The number of hydrogen-bond acceptors (Lipinski definition) is 1. The first-order valence-corrected chi connectivity index (χ1v) is 5.96. The van der Waals surface area contributed by atoms with Crippen LogP contribution >= 0.6 is 11.6 Å². The van der Waals surface area contributed by atoms with Gasteiger partial charge in [-0.2, -0.15) is 0 Å². The Morgan fingerprint density at radius 3 is 2.40 bits per heavy atom. The molecule has 1 saturated carbocycles. The molecule has 1 aliphatic carbocycles. The average molecular weight is 224 g/mol. The summed E-state index contributed by atoms with van der Waals surface area (Å²) >= 11 is 5.88. The quantitative estimate of drug-likeness (QED) is 0.826. The Balaban J connectivity index is 2.05. The molecule has 0 amide bonds. The fourth-order valence-electron chi connectivity index (χ4n) is 2.24. The highest BCUT2D eigenvalue weighted by Gasteiger charge is 2.46. The summed E-state index contributed by atoms with van der Waals surface area (Å²) in [5.74, 6) is 0. The van der Waals surface area contributed by atoms with E-state index >= 15 is 0 Å². The van der Waals surface area contributed by atoms with Crippen LogP contribution in [0.5, 0.6) is 0 Å². The van der Waals surface area contributed by atoms with E-state index in [1.54, 1.807) is 0 Å². The lowest BCUT2D eigenvalue weighted by Gasteiger charge is -2.23. The minimum absolute atomic E-state index is 0.503. The van der Waals surface area contributed by atoms with E-state index in [0.29, 0.717) is 11.5 Å². The molecule has 1 nitrogen and oxygen atoms in total. The molecule has 1 fully saturated rings. The van der Waals surface area contributed by atoms with Crippen LogP contribution in [0, 0.1) is 5.41 Å². The van der Waals surface area contributed by atoms with Crippen molar-refractivity contribution in [1.29, 1.82) is 0 Å². The third kappa shape index (κ3) is 2.35. The molecule has 1 aliphatic rings. The summed E-state index contributed by atoms with van der Waals surface area (Å²) < 4.78 is 0. The van der Waals surface area contributed by atoms with Gasteiger partial charge in [0.05, 0.1) is 0 Å². The zero-order valence-corrected chi connectivity index (χ0v) is 10.1. The van der Waals surface area contributed by atoms with Gasteiger partial charge in [0.1, 0.15) is 0 Å². The second-order valence-corrected chi connectivity index (χ2v) is 5.11. The molecule has 1 aromatic rings. The Bertz CT molecular complexity index is 327. The molecule has 15 heavy (non-hydrogen) atoms. The molecule has 0 bridgehead atoms. The minimum Gasteiger partial charge on any atom is -0.317 e. The summed E-state index contributed by atoms with van der Waals surface area (Å²) in [5.41, 5.74) is 1.90. The summed E-state index contributed by atoms with van der Waals surface area (Å²) in [7, 11) is 2.05. The van der Waals surface area contributed by atoms with Crippen molar-refractivity contribution in [2.45, 2.75) is 32.2 Å². The Hall–Kier alpha value is -0.530.